The zero-order valence-corrected chi connectivity index (χ0v) is 11.9. The topological polar surface area (TPSA) is 21.3 Å². The molecule has 1 saturated heterocycles. The van der Waals surface area contributed by atoms with Gasteiger partial charge in [-0.3, -0.25) is 0 Å². The van der Waals surface area contributed by atoms with Gasteiger partial charge in [0.15, 0.2) is 0 Å². The fraction of sp³-hybridized carbons (Fsp3) is 1.00. The Morgan fingerprint density at radius 3 is 2.12 bits per heavy atom. The van der Waals surface area contributed by atoms with Crippen molar-refractivity contribution in [3.63, 3.8) is 0 Å². The Morgan fingerprint density at radius 2 is 1.69 bits per heavy atom. The van der Waals surface area contributed by atoms with E-state index in [1.54, 1.807) is 0 Å². The Labute approximate surface area is 101 Å². The molecule has 0 spiro atoms. The first-order chi connectivity index (χ1) is 7.24. The zero-order chi connectivity index (χ0) is 12.4. The summed E-state index contributed by atoms with van der Waals surface area (Å²) in [6.45, 7) is 14.5. The van der Waals surface area contributed by atoms with Gasteiger partial charge in [0.05, 0.1) is 6.10 Å². The zero-order valence-electron chi connectivity index (χ0n) is 11.9. The highest BCUT2D eigenvalue weighted by atomic mass is 16.5. The molecule has 1 aliphatic rings. The van der Waals surface area contributed by atoms with Crippen LogP contribution in [-0.2, 0) is 4.74 Å². The van der Waals surface area contributed by atoms with Crippen LogP contribution in [0.5, 0.6) is 0 Å². The Bertz CT molecular complexity index is 207. The van der Waals surface area contributed by atoms with Gasteiger partial charge in [0.2, 0.25) is 0 Å². The maximum Gasteiger partial charge on any atom is 0.0610 e. The van der Waals surface area contributed by atoms with Gasteiger partial charge < -0.3 is 10.1 Å². The Balaban J connectivity index is 2.48. The van der Waals surface area contributed by atoms with Gasteiger partial charge in [0.1, 0.15) is 0 Å². The van der Waals surface area contributed by atoms with E-state index in [4.69, 9.17) is 4.74 Å². The lowest BCUT2D eigenvalue weighted by Crippen LogP contribution is -2.59. The Kier molecular flexibility index (Phi) is 4.42. The molecular formula is C14H29NO. The maximum atomic E-state index is 6.07. The van der Waals surface area contributed by atoms with Gasteiger partial charge >= 0.3 is 0 Å². The summed E-state index contributed by atoms with van der Waals surface area (Å²) in [6.07, 6.45) is 3.86. The molecule has 1 aliphatic heterocycles. The monoisotopic (exact) mass is 227 g/mol. The molecule has 2 heteroatoms. The van der Waals surface area contributed by atoms with E-state index in [9.17, 15) is 0 Å². The van der Waals surface area contributed by atoms with Crippen molar-refractivity contribution in [1.29, 1.82) is 0 Å². The molecule has 96 valence electrons. The summed E-state index contributed by atoms with van der Waals surface area (Å²) in [4.78, 5) is 0. The summed E-state index contributed by atoms with van der Waals surface area (Å²) >= 11 is 0. The molecule has 1 unspecified atom stereocenters. The molecule has 1 N–H and O–H groups in total. The second kappa shape index (κ2) is 5.05. The highest BCUT2D eigenvalue weighted by Crippen LogP contribution is 2.30. The molecule has 0 radical (unpaired) electrons. The molecule has 1 atom stereocenters. The van der Waals surface area contributed by atoms with Crippen molar-refractivity contribution in [2.24, 2.45) is 5.92 Å². The molecule has 0 aromatic rings. The standard InChI is InChI=1S/C14H29NO/c1-7-11(2)10-16-12-8-13(3,4)15-14(5,6)9-12/h11-12,15H,7-10H2,1-6H3. The van der Waals surface area contributed by atoms with Gasteiger partial charge in [-0.05, 0) is 46.5 Å². The number of hydrogen-bond acceptors (Lipinski definition) is 2. The van der Waals surface area contributed by atoms with Crippen LogP contribution in [0.1, 0.15) is 60.8 Å². The smallest absolute Gasteiger partial charge is 0.0610 e. The van der Waals surface area contributed by atoms with Crippen LogP contribution in [0.15, 0.2) is 0 Å². The van der Waals surface area contributed by atoms with E-state index in [0.29, 0.717) is 12.0 Å². The van der Waals surface area contributed by atoms with E-state index in [-0.39, 0.29) is 11.1 Å². The second-order valence-electron chi connectivity index (χ2n) is 6.77. The van der Waals surface area contributed by atoms with E-state index in [1.807, 2.05) is 0 Å². The Morgan fingerprint density at radius 1 is 1.19 bits per heavy atom. The van der Waals surface area contributed by atoms with Crippen LogP contribution in [-0.4, -0.2) is 23.8 Å². The molecule has 0 aliphatic carbocycles. The molecule has 0 aromatic carbocycles. The van der Waals surface area contributed by atoms with Gasteiger partial charge in [-0.1, -0.05) is 20.3 Å². The molecule has 0 saturated carbocycles. The van der Waals surface area contributed by atoms with Gasteiger partial charge in [0.25, 0.3) is 0 Å². The van der Waals surface area contributed by atoms with E-state index in [1.165, 1.54) is 6.42 Å². The third-order valence-corrected chi connectivity index (χ3v) is 3.47. The first kappa shape index (κ1) is 14.0. The molecule has 0 aromatic heterocycles. The third-order valence-electron chi connectivity index (χ3n) is 3.47. The molecule has 1 heterocycles. The van der Waals surface area contributed by atoms with Crippen molar-refractivity contribution >= 4 is 0 Å². The highest BCUT2D eigenvalue weighted by molar-refractivity contribution is 4.97. The van der Waals surface area contributed by atoms with Gasteiger partial charge in [-0.25, -0.2) is 0 Å². The number of hydrogen-bond donors (Lipinski definition) is 1. The molecule has 2 nitrogen and oxygen atoms in total. The maximum absolute atomic E-state index is 6.07. The van der Waals surface area contributed by atoms with Crippen LogP contribution in [0.25, 0.3) is 0 Å². The van der Waals surface area contributed by atoms with Crippen molar-refractivity contribution < 1.29 is 4.74 Å². The minimum absolute atomic E-state index is 0.196. The van der Waals surface area contributed by atoms with E-state index in [2.05, 4.69) is 46.9 Å². The number of piperidine rings is 1. The SMILES string of the molecule is CCC(C)COC1CC(C)(C)NC(C)(C)C1. The summed E-state index contributed by atoms with van der Waals surface area (Å²) in [6, 6.07) is 0. The van der Waals surface area contributed by atoms with Crippen LogP contribution in [0.4, 0.5) is 0 Å². The fourth-order valence-corrected chi connectivity index (χ4v) is 2.76. The highest BCUT2D eigenvalue weighted by Gasteiger charge is 2.38. The first-order valence-corrected chi connectivity index (χ1v) is 6.65. The average Bonchev–Trinajstić information content (AvgIpc) is 2.09. The number of rotatable bonds is 4. The van der Waals surface area contributed by atoms with Gasteiger partial charge in [-0.2, -0.15) is 0 Å². The minimum Gasteiger partial charge on any atom is -0.378 e. The first-order valence-electron chi connectivity index (χ1n) is 6.65. The number of nitrogens with one attached hydrogen (secondary N) is 1. The summed E-state index contributed by atoms with van der Waals surface area (Å²) in [5.41, 5.74) is 0.393. The van der Waals surface area contributed by atoms with E-state index < -0.39 is 0 Å². The van der Waals surface area contributed by atoms with Crippen molar-refractivity contribution in [3.05, 3.63) is 0 Å². The summed E-state index contributed by atoms with van der Waals surface area (Å²) in [5, 5.41) is 3.68. The normalized spacial score (nSPS) is 26.6. The summed E-state index contributed by atoms with van der Waals surface area (Å²) in [7, 11) is 0. The lowest BCUT2D eigenvalue weighted by atomic mass is 9.81. The second-order valence-corrected chi connectivity index (χ2v) is 6.77. The summed E-state index contributed by atoms with van der Waals surface area (Å²) in [5.74, 6) is 0.682. The average molecular weight is 227 g/mol. The minimum atomic E-state index is 0.196. The van der Waals surface area contributed by atoms with E-state index in [0.717, 1.165) is 19.4 Å². The molecule has 16 heavy (non-hydrogen) atoms. The van der Waals surface area contributed by atoms with Crippen molar-refractivity contribution in [2.75, 3.05) is 6.61 Å². The predicted octanol–water partition coefficient (Wildman–Crippen LogP) is 3.36. The lowest BCUT2D eigenvalue weighted by molar-refractivity contribution is -0.0334. The number of ether oxygens (including phenoxy) is 1. The van der Waals surface area contributed by atoms with Crippen molar-refractivity contribution in [3.8, 4) is 0 Å². The van der Waals surface area contributed by atoms with E-state index >= 15 is 0 Å². The van der Waals surface area contributed by atoms with Crippen molar-refractivity contribution in [1.82, 2.24) is 5.32 Å². The predicted molar refractivity (Wildman–Crippen MR) is 69.7 cm³/mol. The molecule has 0 amide bonds. The van der Waals surface area contributed by atoms with Crippen LogP contribution in [0.3, 0.4) is 0 Å². The van der Waals surface area contributed by atoms with Crippen LogP contribution in [0.2, 0.25) is 0 Å². The largest absolute Gasteiger partial charge is 0.378 e. The quantitative estimate of drug-likeness (QED) is 0.795. The molecule has 1 fully saturated rings. The molecule has 0 bridgehead atoms. The fourth-order valence-electron chi connectivity index (χ4n) is 2.76. The molecule has 1 rings (SSSR count). The third kappa shape index (κ3) is 4.42. The lowest BCUT2D eigenvalue weighted by Gasteiger charge is -2.46. The van der Waals surface area contributed by atoms with Gasteiger partial charge in [0, 0.05) is 17.7 Å². The van der Waals surface area contributed by atoms with Crippen LogP contribution in [0, 0.1) is 5.92 Å². The molecular weight excluding hydrogens is 198 g/mol. The van der Waals surface area contributed by atoms with Crippen LogP contribution >= 0.6 is 0 Å². The van der Waals surface area contributed by atoms with Gasteiger partial charge in [-0.15, -0.1) is 0 Å². The van der Waals surface area contributed by atoms with Crippen LogP contribution < -0.4 is 5.32 Å². The summed E-state index contributed by atoms with van der Waals surface area (Å²) < 4.78 is 6.07. The Hall–Kier alpha value is -0.0800. The van der Waals surface area contributed by atoms with Crippen molar-refractivity contribution in [2.45, 2.75) is 78.0 Å².